The Kier molecular flexibility index (Phi) is 3.42. The highest BCUT2D eigenvalue weighted by Crippen LogP contribution is 2.41. The Labute approximate surface area is 100 Å². The molecule has 0 saturated heterocycles. The zero-order valence-electron chi connectivity index (χ0n) is 9.77. The van der Waals surface area contributed by atoms with E-state index in [1.165, 1.54) is 12.8 Å². The number of carbonyl (C=O) groups excluding carboxylic acids is 1. The number of amides is 1. The first-order chi connectivity index (χ1) is 7.58. The predicted octanol–water partition coefficient (Wildman–Crippen LogP) is 0.967. The van der Waals surface area contributed by atoms with Crippen LogP contribution in [0.4, 0.5) is 0 Å². The van der Waals surface area contributed by atoms with Gasteiger partial charge in [0.2, 0.25) is 5.91 Å². The number of amidine groups is 1. The van der Waals surface area contributed by atoms with Crippen molar-refractivity contribution in [1.29, 1.82) is 0 Å². The minimum absolute atomic E-state index is 0.195. The summed E-state index contributed by atoms with van der Waals surface area (Å²) in [6, 6.07) is -0.302. The molecule has 3 N–H and O–H groups in total. The van der Waals surface area contributed by atoms with Gasteiger partial charge in [0.1, 0.15) is 6.04 Å². The number of thioether (sulfide) groups is 1. The van der Waals surface area contributed by atoms with Gasteiger partial charge in [0, 0.05) is 5.25 Å². The lowest BCUT2D eigenvalue weighted by Crippen LogP contribution is -2.46. The summed E-state index contributed by atoms with van der Waals surface area (Å²) in [5.74, 6) is 0.744. The van der Waals surface area contributed by atoms with Gasteiger partial charge in [-0.15, -0.1) is 0 Å². The van der Waals surface area contributed by atoms with Gasteiger partial charge in [0.25, 0.3) is 0 Å². The Morgan fingerprint density at radius 3 is 2.75 bits per heavy atom. The van der Waals surface area contributed by atoms with Crippen molar-refractivity contribution in [2.24, 2.45) is 22.6 Å². The topological polar surface area (TPSA) is 67.5 Å². The predicted molar refractivity (Wildman–Crippen MR) is 67.4 cm³/mol. The summed E-state index contributed by atoms with van der Waals surface area (Å²) in [5, 5.41) is 4.69. The van der Waals surface area contributed by atoms with Gasteiger partial charge in [-0.05, 0) is 24.7 Å². The monoisotopic (exact) mass is 241 g/mol. The lowest BCUT2D eigenvalue weighted by atomic mass is 10.0. The molecule has 2 unspecified atom stereocenters. The molecule has 0 aromatic rings. The smallest absolute Gasteiger partial charge is 0.240 e. The Morgan fingerprint density at radius 1 is 1.56 bits per heavy atom. The SMILES string of the molecule is CC(C)C(NC1=NCC(C2CC2)S1)C(N)=O. The largest absolute Gasteiger partial charge is 0.368 e. The molecule has 0 radical (unpaired) electrons. The first-order valence-corrected chi connectivity index (χ1v) is 6.73. The molecule has 1 heterocycles. The second-order valence-electron chi connectivity index (χ2n) is 4.91. The Balaban J connectivity index is 1.86. The van der Waals surface area contributed by atoms with Gasteiger partial charge in [-0.1, -0.05) is 25.6 Å². The van der Waals surface area contributed by atoms with Gasteiger partial charge >= 0.3 is 0 Å². The van der Waals surface area contributed by atoms with Crippen molar-refractivity contribution in [3.8, 4) is 0 Å². The average molecular weight is 241 g/mol. The highest BCUT2D eigenvalue weighted by molar-refractivity contribution is 8.14. The van der Waals surface area contributed by atoms with E-state index in [4.69, 9.17) is 5.73 Å². The molecule has 1 saturated carbocycles. The number of carbonyl (C=O) groups is 1. The van der Waals surface area contributed by atoms with Crippen LogP contribution in [0, 0.1) is 11.8 Å². The molecular formula is C11H19N3OS. The van der Waals surface area contributed by atoms with Gasteiger partial charge in [0.15, 0.2) is 5.17 Å². The average Bonchev–Trinajstić information content (AvgIpc) is 2.94. The molecule has 2 aliphatic rings. The van der Waals surface area contributed by atoms with E-state index in [2.05, 4.69) is 10.3 Å². The first-order valence-electron chi connectivity index (χ1n) is 5.85. The summed E-state index contributed by atoms with van der Waals surface area (Å²) < 4.78 is 0. The molecule has 0 spiro atoms. The van der Waals surface area contributed by atoms with Crippen LogP contribution in [0.2, 0.25) is 0 Å². The van der Waals surface area contributed by atoms with Crippen molar-refractivity contribution in [3.05, 3.63) is 0 Å². The molecule has 4 nitrogen and oxygen atoms in total. The maximum Gasteiger partial charge on any atom is 0.240 e. The van der Waals surface area contributed by atoms with E-state index in [1.54, 1.807) is 11.8 Å². The zero-order valence-corrected chi connectivity index (χ0v) is 10.6. The second-order valence-corrected chi connectivity index (χ2v) is 6.14. The van der Waals surface area contributed by atoms with Crippen LogP contribution in [0.1, 0.15) is 26.7 Å². The van der Waals surface area contributed by atoms with E-state index in [9.17, 15) is 4.79 Å². The lowest BCUT2D eigenvalue weighted by molar-refractivity contribution is -0.120. The summed E-state index contributed by atoms with van der Waals surface area (Å²) in [7, 11) is 0. The van der Waals surface area contributed by atoms with E-state index in [0.29, 0.717) is 5.25 Å². The Bertz CT molecular complexity index is 312. The number of nitrogens with one attached hydrogen (secondary N) is 1. The molecule has 1 aliphatic heterocycles. The number of nitrogens with zero attached hydrogens (tertiary/aromatic N) is 1. The number of rotatable bonds is 4. The van der Waals surface area contributed by atoms with Crippen LogP contribution in [0.25, 0.3) is 0 Å². The highest BCUT2D eigenvalue weighted by atomic mass is 32.2. The second kappa shape index (κ2) is 4.65. The minimum Gasteiger partial charge on any atom is -0.368 e. The van der Waals surface area contributed by atoms with Crippen molar-refractivity contribution < 1.29 is 4.79 Å². The number of aliphatic imine (C=N–C) groups is 1. The highest BCUT2D eigenvalue weighted by Gasteiger charge is 2.36. The van der Waals surface area contributed by atoms with Gasteiger partial charge in [-0.3, -0.25) is 9.79 Å². The van der Waals surface area contributed by atoms with Crippen molar-refractivity contribution >= 4 is 22.8 Å². The van der Waals surface area contributed by atoms with E-state index < -0.39 is 0 Å². The fourth-order valence-electron chi connectivity index (χ4n) is 1.88. The first kappa shape index (κ1) is 11.8. The summed E-state index contributed by atoms with van der Waals surface area (Å²) in [6.07, 6.45) is 2.67. The fourth-order valence-corrected chi connectivity index (χ4v) is 3.13. The van der Waals surface area contributed by atoms with Crippen LogP contribution < -0.4 is 11.1 Å². The third kappa shape index (κ3) is 2.70. The van der Waals surface area contributed by atoms with Gasteiger partial charge in [-0.2, -0.15) is 0 Å². The maximum absolute atomic E-state index is 11.3. The van der Waals surface area contributed by atoms with Crippen molar-refractivity contribution in [2.45, 2.75) is 38.0 Å². The van der Waals surface area contributed by atoms with Crippen LogP contribution >= 0.6 is 11.8 Å². The van der Waals surface area contributed by atoms with Crippen LogP contribution in [0.15, 0.2) is 4.99 Å². The Morgan fingerprint density at radius 2 is 2.25 bits per heavy atom. The molecule has 1 aliphatic carbocycles. The minimum atomic E-state index is -0.302. The molecule has 2 atom stereocenters. The number of hydrogen-bond donors (Lipinski definition) is 2. The summed E-state index contributed by atoms with van der Waals surface area (Å²) in [5.41, 5.74) is 5.36. The van der Waals surface area contributed by atoms with Crippen molar-refractivity contribution in [3.63, 3.8) is 0 Å². The third-order valence-electron chi connectivity index (χ3n) is 3.08. The van der Waals surface area contributed by atoms with Gasteiger partial charge < -0.3 is 11.1 Å². The summed E-state index contributed by atoms with van der Waals surface area (Å²) in [4.78, 5) is 15.7. The summed E-state index contributed by atoms with van der Waals surface area (Å²) in [6.45, 7) is 4.86. The number of nitrogens with two attached hydrogens (primary N) is 1. The number of primary amides is 1. The Hall–Kier alpha value is -0.710. The van der Waals surface area contributed by atoms with E-state index >= 15 is 0 Å². The van der Waals surface area contributed by atoms with Gasteiger partial charge in [0.05, 0.1) is 6.54 Å². The van der Waals surface area contributed by atoms with Crippen LogP contribution in [0.3, 0.4) is 0 Å². The molecule has 0 aromatic heterocycles. The lowest BCUT2D eigenvalue weighted by Gasteiger charge is -2.19. The van der Waals surface area contributed by atoms with Crippen molar-refractivity contribution in [1.82, 2.24) is 5.32 Å². The van der Waals surface area contributed by atoms with Crippen LogP contribution in [0.5, 0.6) is 0 Å². The van der Waals surface area contributed by atoms with E-state index in [-0.39, 0.29) is 17.9 Å². The zero-order chi connectivity index (χ0) is 11.7. The van der Waals surface area contributed by atoms with E-state index in [0.717, 1.165) is 17.6 Å². The molecule has 0 aromatic carbocycles. The molecule has 2 rings (SSSR count). The van der Waals surface area contributed by atoms with Crippen LogP contribution in [-0.2, 0) is 4.79 Å². The molecule has 90 valence electrons. The molecular weight excluding hydrogens is 222 g/mol. The maximum atomic E-state index is 11.3. The number of hydrogen-bond acceptors (Lipinski definition) is 4. The quantitative estimate of drug-likeness (QED) is 0.770. The standard InChI is InChI=1S/C11H19N3OS/c1-6(2)9(10(12)15)14-11-13-5-8(16-11)7-3-4-7/h6-9H,3-5H2,1-2H3,(H2,12,15)(H,13,14). The molecule has 0 bridgehead atoms. The fraction of sp³-hybridized carbons (Fsp3) is 0.818. The molecule has 1 amide bonds. The normalized spacial score (nSPS) is 26.7. The third-order valence-corrected chi connectivity index (χ3v) is 4.38. The molecule has 5 heteroatoms. The molecule has 16 heavy (non-hydrogen) atoms. The summed E-state index contributed by atoms with van der Waals surface area (Å²) >= 11 is 1.78. The van der Waals surface area contributed by atoms with Crippen LogP contribution in [-0.4, -0.2) is 28.9 Å². The van der Waals surface area contributed by atoms with Gasteiger partial charge in [-0.25, -0.2) is 0 Å². The van der Waals surface area contributed by atoms with E-state index in [1.807, 2.05) is 13.8 Å². The van der Waals surface area contributed by atoms with Crippen molar-refractivity contribution in [2.75, 3.05) is 6.54 Å². The molecule has 1 fully saturated rings.